The van der Waals surface area contributed by atoms with Gasteiger partial charge >= 0.3 is 0 Å². The molecule has 12 nitrogen and oxygen atoms in total. The Morgan fingerprint density at radius 2 is 2.00 bits per heavy atom. The second kappa shape index (κ2) is 13.5. The Balaban J connectivity index is 1.84. The molecule has 4 rings (SSSR count). The van der Waals surface area contributed by atoms with Crippen LogP contribution in [0.4, 0.5) is 14.6 Å². The molecule has 0 aliphatic carbocycles. The number of halogens is 2. The van der Waals surface area contributed by atoms with Crippen molar-refractivity contribution >= 4 is 17.4 Å². The van der Waals surface area contributed by atoms with E-state index in [2.05, 4.69) is 25.4 Å². The first-order valence-electron chi connectivity index (χ1n) is 13.7. The maximum Gasteiger partial charge on any atom is 0.257 e. The van der Waals surface area contributed by atoms with Gasteiger partial charge in [-0.3, -0.25) is 9.83 Å². The molecule has 0 bridgehead atoms. The summed E-state index contributed by atoms with van der Waals surface area (Å²) in [6.45, 7) is 7.06. The van der Waals surface area contributed by atoms with Gasteiger partial charge in [-0.05, 0) is 50.5 Å². The number of alkyl halides is 1. The third kappa shape index (κ3) is 6.82. The summed E-state index contributed by atoms with van der Waals surface area (Å²) in [5, 5.41) is 19.9. The number of nitrogens with one attached hydrogen (secondary N) is 1. The van der Waals surface area contributed by atoms with Crippen molar-refractivity contribution in [2.45, 2.75) is 64.6 Å². The van der Waals surface area contributed by atoms with Gasteiger partial charge in [0.15, 0.2) is 17.8 Å². The number of aromatic nitrogens is 2. The van der Waals surface area contributed by atoms with E-state index in [1.54, 1.807) is 20.8 Å². The molecular formula is C29H37F2N7O5. The molecule has 7 N–H and O–H groups in total. The number of hydrogen-bond donors (Lipinski definition) is 5. The number of anilines is 1. The van der Waals surface area contributed by atoms with Crippen LogP contribution in [0.15, 0.2) is 56.9 Å². The summed E-state index contributed by atoms with van der Waals surface area (Å²) in [7, 11) is 1.37. The highest BCUT2D eigenvalue weighted by molar-refractivity contribution is 6.27. The molecule has 1 aromatic carbocycles. The van der Waals surface area contributed by atoms with Crippen molar-refractivity contribution in [2.24, 2.45) is 15.7 Å². The molecule has 232 valence electrons. The zero-order valence-corrected chi connectivity index (χ0v) is 24.6. The molecule has 0 amide bonds. The maximum absolute atomic E-state index is 16.7. The van der Waals surface area contributed by atoms with E-state index < -0.39 is 36.3 Å². The average Bonchev–Trinajstić information content (AvgIpc) is 3.30. The predicted molar refractivity (Wildman–Crippen MR) is 157 cm³/mol. The normalized spacial score (nSPS) is 25.4. The smallest absolute Gasteiger partial charge is 0.257 e. The number of ether oxygens (including phenoxy) is 2. The first-order chi connectivity index (χ1) is 20.5. The topological polar surface area (TPSA) is 183 Å². The lowest BCUT2D eigenvalue weighted by Gasteiger charge is -2.31. The summed E-state index contributed by atoms with van der Waals surface area (Å²) < 4.78 is 41.8. The minimum Gasteiger partial charge on any atom is -0.478 e. The van der Waals surface area contributed by atoms with E-state index in [9.17, 15) is 14.6 Å². The highest BCUT2D eigenvalue weighted by Crippen LogP contribution is 2.38. The van der Waals surface area contributed by atoms with Crippen molar-refractivity contribution in [3.63, 3.8) is 0 Å². The van der Waals surface area contributed by atoms with E-state index in [1.807, 2.05) is 6.92 Å². The van der Waals surface area contributed by atoms with Gasteiger partial charge in [-0.2, -0.15) is 0 Å². The number of rotatable bonds is 8. The SMILES string of the molecule is CC/C(C)=C(N)/N=C1\C(=C(C)C)C(NOCC2OCC(O)C2O)=NC(c2ccc(F)cc2-c2cnc(N)c(OC)n2)C1F. The zero-order valence-electron chi connectivity index (χ0n) is 24.6. The molecule has 0 spiro atoms. The second-order valence-corrected chi connectivity index (χ2v) is 10.4. The van der Waals surface area contributed by atoms with Crippen molar-refractivity contribution in [1.82, 2.24) is 15.4 Å². The summed E-state index contributed by atoms with van der Waals surface area (Å²) >= 11 is 0. The predicted octanol–water partition coefficient (Wildman–Crippen LogP) is 2.68. The van der Waals surface area contributed by atoms with Gasteiger partial charge in [-0.25, -0.2) is 29.2 Å². The highest BCUT2D eigenvalue weighted by Gasteiger charge is 2.39. The lowest BCUT2D eigenvalue weighted by Crippen LogP contribution is -2.42. The Hall–Kier alpha value is -3.98. The number of benzene rings is 1. The van der Waals surface area contributed by atoms with Crippen molar-refractivity contribution < 1.29 is 33.3 Å². The van der Waals surface area contributed by atoms with Gasteiger partial charge in [0.2, 0.25) is 0 Å². The van der Waals surface area contributed by atoms with E-state index in [-0.39, 0.29) is 59.1 Å². The number of hydrogen-bond acceptors (Lipinski definition) is 12. The average molecular weight is 602 g/mol. The fourth-order valence-electron chi connectivity index (χ4n) is 4.67. The largest absolute Gasteiger partial charge is 0.478 e. The van der Waals surface area contributed by atoms with Crippen LogP contribution in [0.2, 0.25) is 0 Å². The lowest BCUT2D eigenvalue weighted by molar-refractivity contribution is -0.0457. The van der Waals surface area contributed by atoms with Crippen molar-refractivity contribution in [2.75, 3.05) is 26.1 Å². The molecule has 3 heterocycles. The Labute approximate surface area is 248 Å². The lowest BCUT2D eigenvalue weighted by atomic mass is 9.87. The van der Waals surface area contributed by atoms with E-state index >= 15 is 4.39 Å². The molecule has 14 heteroatoms. The van der Waals surface area contributed by atoms with Gasteiger partial charge < -0.3 is 31.2 Å². The van der Waals surface area contributed by atoms with Crippen molar-refractivity contribution in [3.05, 3.63) is 58.3 Å². The van der Waals surface area contributed by atoms with E-state index in [0.717, 1.165) is 5.57 Å². The minimum atomic E-state index is -1.82. The molecule has 0 radical (unpaired) electrons. The summed E-state index contributed by atoms with van der Waals surface area (Å²) in [6.07, 6.45) is -2.85. The van der Waals surface area contributed by atoms with Crippen LogP contribution in [0.3, 0.4) is 0 Å². The van der Waals surface area contributed by atoms with Gasteiger partial charge in [0.05, 0.1) is 31.3 Å². The van der Waals surface area contributed by atoms with Crippen LogP contribution in [0.25, 0.3) is 11.3 Å². The van der Waals surface area contributed by atoms with Crippen LogP contribution in [-0.4, -0.2) is 76.5 Å². The van der Waals surface area contributed by atoms with Crippen LogP contribution in [0.1, 0.15) is 45.7 Å². The zero-order chi connectivity index (χ0) is 31.4. The fraction of sp³-hybridized carbons (Fsp3) is 0.448. The standard InChI is InChI=1S/C29H37F2N7O5/c1-6-14(4)26(32)36-24-21(13(2)3)28(38-43-12-20-25(40)19(39)11-42-20)37-23(22(24)31)16-8-7-15(30)9-17(16)18-10-34-27(33)29(35-18)41-5/h7-10,19-20,22-23,25,39-40H,6,11-12,32H2,1-5H3,(H2,33,34)(H,37,38)/b26-14+,36-24+. The molecule has 1 aromatic heterocycles. The summed E-state index contributed by atoms with van der Waals surface area (Å²) in [5.74, 6) is -0.244. The third-order valence-corrected chi connectivity index (χ3v) is 7.25. The van der Waals surface area contributed by atoms with Gasteiger partial charge in [0.25, 0.3) is 5.88 Å². The number of allylic oxidation sites excluding steroid dienone is 2. The Morgan fingerprint density at radius 3 is 2.63 bits per heavy atom. The van der Waals surface area contributed by atoms with E-state index in [4.69, 9.17) is 25.8 Å². The Morgan fingerprint density at radius 1 is 1.26 bits per heavy atom. The first-order valence-corrected chi connectivity index (χ1v) is 13.7. The number of methoxy groups -OCH3 is 1. The molecule has 2 aliphatic heterocycles. The Kier molecular flexibility index (Phi) is 10.1. The number of aliphatic hydroxyl groups excluding tert-OH is 2. The molecule has 1 saturated heterocycles. The van der Waals surface area contributed by atoms with Gasteiger partial charge in [-0.15, -0.1) is 0 Å². The fourth-order valence-corrected chi connectivity index (χ4v) is 4.67. The van der Waals surface area contributed by atoms with E-state index in [0.29, 0.717) is 17.6 Å². The Bertz CT molecular complexity index is 1480. The minimum absolute atomic E-state index is 0.000203. The van der Waals surface area contributed by atoms with Gasteiger partial charge in [-0.1, -0.05) is 18.6 Å². The molecule has 5 atom stereocenters. The molecule has 0 saturated carbocycles. The number of nitrogens with zero attached hydrogens (tertiary/aromatic N) is 4. The van der Waals surface area contributed by atoms with Crippen LogP contribution >= 0.6 is 0 Å². The monoisotopic (exact) mass is 601 g/mol. The molecule has 5 unspecified atom stereocenters. The summed E-state index contributed by atoms with van der Waals surface area (Å²) in [5.41, 5.74) is 17.3. The van der Waals surface area contributed by atoms with E-state index in [1.165, 1.54) is 31.5 Å². The molecular weight excluding hydrogens is 564 g/mol. The quantitative estimate of drug-likeness (QED) is 0.282. The number of hydroxylamine groups is 1. The summed E-state index contributed by atoms with van der Waals surface area (Å²) in [6, 6.07) is 2.56. The highest BCUT2D eigenvalue weighted by atomic mass is 19.1. The van der Waals surface area contributed by atoms with Gasteiger partial charge in [0.1, 0.15) is 42.6 Å². The number of amidine groups is 1. The third-order valence-electron chi connectivity index (χ3n) is 7.25. The maximum atomic E-state index is 16.7. The van der Waals surface area contributed by atoms with Gasteiger partial charge in [0, 0.05) is 11.1 Å². The van der Waals surface area contributed by atoms with Crippen LogP contribution < -0.4 is 21.7 Å². The summed E-state index contributed by atoms with van der Waals surface area (Å²) in [4.78, 5) is 23.2. The van der Waals surface area contributed by atoms with Crippen molar-refractivity contribution in [3.8, 4) is 17.1 Å². The first kappa shape index (κ1) is 31.9. The number of aliphatic hydroxyl groups is 2. The number of nitrogen functional groups attached to an aromatic ring is 1. The molecule has 1 fully saturated rings. The molecule has 2 aliphatic rings. The number of aliphatic imine (C=N–C) groups is 2. The van der Waals surface area contributed by atoms with Crippen LogP contribution in [0.5, 0.6) is 5.88 Å². The van der Waals surface area contributed by atoms with Crippen molar-refractivity contribution in [1.29, 1.82) is 0 Å². The second-order valence-electron chi connectivity index (χ2n) is 10.4. The van der Waals surface area contributed by atoms with Crippen LogP contribution in [0, 0.1) is 5.82 Å². The van der Waals surface area contributed by atoms with Crippen LogP contribution in [-0.2, 0) is 9.57 Å². The number of nitrogens with two attached hydrogens (primary N) is 2. The molecule has 2 aromatic rings. The molecule has 43 heavy (non-hydrogen) atoms.